The predicted octanol–water partition coefficient (Wildman–Crippen LogP) is 2.13. The molecule has 130 valence electrons. The molecule has 5 heteroatoms. The Balaban J connectivity index is 1.69. The van der Waals surface area contributed by atoms with E-state index in [1.165, 1.54) is 0 Å². The zero-order chi connectivity index (χ0) is 16.9. The van der Waals surface area contributed by atoms with Crippen molar-refractivity contribution < 1.29 is 9.84 Å². The van der Waals surface area contributed by atoms with Crippen LogP contribution in [0.15, 0.2) is 30.3 Å². The van der Waals surface area contributed by atoms with Crippen LogP contribution in [-0.4, -0.2) is 65.8 Å². The van der Waals surface area contributed by atoms with Gasteiger partial charge >= 0.3 is 0 Å². The average Bonchev–Trinajstić information content (AvgIpc) is 2.63. The second-order valence-corrected chi connectivity index (χ2v) is 6.41. The summed E-state index contributed by atoms with van der Waals surface area (Å²) in [5.74, 6) is 0.720. The lowest BCUT2D eigenvalue weighted by molar-refractivity contribution is 0.0605. The molecule has 1 aromatic carbocycles. The number of aliphatic hydroxyl groups is 1. The number of hydrogen-bond acceptors (Lipinski definition) is 5. The fourth-order valence-corrected chi connectivity index (χ4v) is 3.46. The van der Waals surface area contributed by atoms with E-state index in [0.717, 1.165) is 61.5 Å². The molecule has 0 spiro atoms. The summed E-state index contributed by atoms with van der Waals surface area (Å²) < 4.78 is 5.51. The standard InChI is InChI=1S/C19H27N3O2/c1-3-17(14-23)22-10-8-21(9-11-22)13-16-12-15-6-4-5-7-18(15)20-19(16)24-2/h4-7,12,17,23H,3,8-11,13-14H2,1-2H3. The molecular weight excluding hydrogens is 302 g/mol. The zero-order valence-electron chi connectivity index (χ0n) is 14.6. The number of fused-ring (bicyclic) bond motifs is 1. The van der Waals surface area contributed by atoms with Crippen molar-refractivity contribution in [2.75, 3.05) is 39.9 Å². The monoisotopic (exact) mass is 329 g/mol. The van der Waals surface area contributed by atoms with Gasteiger partial charge in [-0.05, 0) is 18.6 Å². The minimum atomic E-state index is 0.249. The van der Waals surface area contributed by atoms with Crippen LogP contribution >= 0.6 is 0 Å². The summed E-state index contributed by atoms with van der Waals surface area (Å²) in [6.07, 6.45) is 0.999. The molecule has 0 saturated carbocycles. The molecule has 1 aromatic heterocycles. The highest BCUT2D eigenvalue weighted by Crippen LogP contribution is 2.24. The Bertz CT molecular complexity index is 665. The number of hydrogen-bond donors (Lipinski definition) is 1. The number of pyridine rings is 1. The average molecular weight is 329 g/mol. The van der Waals surface area contributed by atoms with Crippen molar-refractivity contribution in [2.24, 2.45) is 0 Å². The van der Waals surface area contributed by atoms with Crippen LogP contribution in [0.4, 0.5) is 0 Å². The number of benzene rings is 1. The third-order valence-electron chi connectivity index (χ3n) is 4.96. The van der Waals surface area contributed by atoms with Gasteiger partial charge in [0.2, 0.25) is 5.88 Å². The minimum absolute atomic E-state index is 0.249. The number of aliphatic hydroxyl groups excluding tert-OH is 1. The maximum atomic E-state index is 9.47. The van der Waals surface area contributed by atoms with E-state index in [1.807, 2.05) is 18.2 Å². The van der Waals surface area contributed by atoms with Crippen molar-refractivity contribution >= 4 is 10.9 Å². The van der Waals surface area contributed by atoms with Crippen LogP contribution in [0.5, 0.6) is 5.88 Å². The molecule has 1 aliphatic rings. The maximum absolute atomic E-state index is 9.47. The number of para-hydroxylation sites is 1. The third-order valence-corrected chi connectivity index (χ3v) is 4.96. The maximum Gasteiger partial charge on any atom is 0.218 e. The van der Waals surface area contributed by atoms with Crippen molar-refractivity contribution in [1.82, 2.24) is 14.8 Å². The van der Waals surface area contributed by atoms with E-state index in [1.54, 1.807) is 7.11 Å². The van der Waals surface area contributed by atoms with Crippen LogP contribution in [0.1, 0.15) is 18.9 Å². The number of piperazine rings is 1. The van der Waals surface area contributed by atoms with Gasteiger partial charge in [0, 0.05) is 49.7 Å². The van der Waals surface area contributed by atoms with E-state index >= 15 is 0 Å². The Hall–Kier alpha value is -1.69. The molecule has 1 unspecified atom stereocenters. The number of nitrogens with zero attached hydrogens (tertiary/aromatic N) is 3. The highest BCUT2D eigenvalue weighted by atomic mass is 16.5. The van der Waals surface area contributed by atoms with E-state index in [2.05, 4.69) is 33.8 Å². The molecule has 0 aliphatic carbocycles. The summed E-state index contributed by atoms with van der Waals surface area (Å²) in [4.78, 5) is 9.47. The van der Waals surface area contributed by atoms with Gasteiger partial charge in [0.15, 0.2) is 0 Å². The Labute approximate surface area is 143 Å². The summed E-state index contributed by atoms with van der Waals surface area (Å²) in [7, 11) is 1.69. The summed E-state index contributed by atoms with van der Waals surface area (Å²) in [5, 5.41) is 10.6. The van der Waals surface area contributed by atoms with Crippen molar-refractivity contribution in [1.29, 1.82) is 0 Å². The lowest BCUT2D eigenvalue weighted by Crippen LogP contribution is -2.50. The lowest BCUT2D eigenvalue weighted by Gasteiger charge is -2.38. The summed E-state index contributed by atoms with van der Waals surface area (Å²) in [5.41, 5.74) is 2.11. The summed E-state index contributed by atoms with van der Waals surface area (Å²) >= 11 is 0. The van der Waals surface area contributed by atoms with Gasteiger partial charge in [0.25, 0.3) is 0 Å². The largest absolute Gasteiger partial charge is 0.481 e. The Morgan fingerprint density at radius 2 is 1.96 bits per heavy atom. The van der Waals surface area contributed by atoms with Gasteiger partial charge in [-0.15, -0.1) is 0 Å². The number of rotatable bonds is 6. The summed E-state index contributed by atoms with van der Waals surface area (Å²) in [6, 6.07) is 10.6. The molecule has 3 rings (SSSR count). The van der Waals surface area contributed by atoms with Crippen molar-refractivity contribution in [3.63, 3.8) is 0 Å². The highest BCUT2D eigenvalue weighted by Gasteiger charge is 2.23. The fraction of sp³-hybridized carbons (Fsp3) is 0.526. The minimum Gasteiger partial charge on any atom is -0.481 e. The second-order valence-electron chi connectivity index (χ2n) is 6.41. The van der Waals surface area contributed by atoms with Crippen molar-refractivity contribution in [3.05, 3.63) is 35.9 Å². The molecule has 0 bridgehead atoms. The van der Waals surface area contributed by atoms with Crippen LogP contribution in [-0.2, 0) is 6.54 Å². The SMILES string of the molecule is CCC(CO)N1CCN(Cc2cc3ccccc3nc2OC)CC1. The molecule has 0 amide bonds. The van der Waals surface area contributed by atoms with Crippen LogP contribution < -0.4 is 4.74 Å². The molecule has 1 aliphatic heterocycles. The fourth-order valence-electron chi connectivity index (χ4n) is 3.46. The molecule has 1 saturated heterocycles. The quantitative estimate of drug-likeness (QED) is 0.880. The number of methoxy groups -OCH3 is 1. The van der Waals surface area contributed by atoms with Crippen LogP contribution in [0.2, 0.25) is 0 Å². The molecule has 24 heavy (non-hydrogen) atoms. The van der Waals surface area contributed by atoms with Gasteiger partial charge in [-0.25, -0.2) is 4.98 Å². The molecule has 2 heterocycles. The molecule has 5 nitrogen and oxygen atoms in total. The van der Waals surface area contributed by atoms with Gasteiger partial charge < -0.3 is 9.84 Å². The van der Waals surface area contributed by atoms with Gasteiger partial charge in [-0.2, -0.15) is 0 Å². The summed E-state index contributed by atoms with van der Waals surface area (Å²) in [6.45, 7) is 7.26. The third kappa shape index (κ3) is 3.69. The Morgan fingerprint density at radius 1 is 1.21 bits per heavy atom. The molecule has 1 fully saturated rings. The first-order valence-electron chi connectivity index (χ1n) is 8.75. The first-order valence-corrected chi connectivity index (χ1v) is 8.75. The van der Waals surface area contributed by atoms with Gasteiger partial charge in [-0.1, -0.05) is 25.1 Å². The van der Waals surface area contributed by atoms with E-state index in [0.29, 0.717) is 6.04 Å². The zero-order valence-corrected chi connectivity index (χ0v) is 14.6. The van der Waals surface area contributed by atoms with Crippen LogP contribution in [0.25, 0.3) is 10.9 Å². The smallest absolute Gasteiger partial charge is 0.218 e. The van der Waals surface area contributed by atoms with Crippen molar-refractivity contribution in [2.45, 2.75) is 25.9 Å². The molecule has 2 aromatic rings. The first-order chi connectivity index (χ1) is 11.7. The predicted molar refractivity (Wildman–Crippen MR) is 96.3 cm³/mol. The van der Waals surface area contributed by atoms with Crippen LogP contribution in [0.3, 0.4) is 0 Å². The molecular formula is C19H27N3O2. The topological polar surface area (TPSA) is 48.8 Å². The molecule has 1 N–H and O–H groups in total. The molecule has 1 atom stereocenters. The Morgan fingerprint density at radius 3 is 2.62 bits per heavy atom. The molecule has 0 radical (unpaired) electrons. The first kappa shape index (κ1) is 17.1. The van der Waals surface area contributed by atoms with E-state index < -0.39 is 0 Å². The van der Waals surface area contributed by atoms with E-state index in [9.17, 15) is 5.11 Å². The normalized spacial score (nSPS) is 18.0. The number of ether oxygens (including phenoxy) is 1. The number of aromatic nitrogens is 1. The van der Waals surface area contributed by atoms with Crippen LogP contribution in [0, 0.1) is 0 Å². The van der Waals surface area contributed by atoms with Gasteiger partial charge in [-0.3, -0.25) is 9.80 Å². The van der Waals surface area contributed by atoms with Crippen molar-refractivity contribution in [3.8, 4) is 5.88 Å². The lowest BCUT2D eigenvalue weighted by atomic mass is 10.1. The van der Waals surface area contributed by atoms with Gasteiger partial charge in [0.05, 0.1) is 19.2 Å². The second kappa shape index (κ2) is 7.92. The Kier molecular flexibility index (Phi) is 5.66. The van der Waals surface area contributed by atoms with E-state index in [4.69, 9.17) is 4.74 Å². The highest BCUT2D eigenvalue weighted by molar-refractivity contribution is 5.80. The van der Waals surface area contributed by atoms with Gasteiger partial charge in [0.1, 0.15) is 0 Å². The van der Waals surface area contributed by atoms with E-state index in [-0.39, 0.29) is 6.61 Å².